The van der Waals surface area contributed by atoms with Crippen molar-refractivity contribution in [2.24, 2.45) is 11.8 Å². The van der Waals surface area contributed by atoms with Gasteiger partial charge in [0.05, 0.1) is 22.9 Å². The van der Waals surface area contributed by atoms with Crippen LogP contribution in [0.3, 0.4) is 0 Å². The zero-order valence-electron chi connectivity index (χ0n) is 17.3. The molecule has 0 aromatic heterocycles. The Morgan fingerprint density at radius 3 is 2.03 bits per heavy atom. The molecule has 1 saturated heterocycles. The zero-order chi connectivity index (χ0) is 21.5. The summed E-state index contributed by atoms with van der Waals surface area (Å²) in [6, 6.07) is 21.3. The Morgan fingerprint density at radius 2 is 1.45 bits per heavy atom. The van der Waals surface area contributed by atoms with Gasteiger partial charge < -0.3 is 4.79 Å². The number of carbonyl (C=O) groups is 3. The lowest BCUT2D eigenvalue weighted by Gasteiger charge is -2.51. The van der Waals surface area contributed by atoms with E-state index in [1.54, 1.807) is 0 Å². The van der Waals surface area contributed by atoms with Crippen LogP contribution in [0.1, 0.15) is 39.3 Å². The molecular weight excluding hydrogens is 386 g/mol. The van der Waals surface area contributed by atoms with Gasteiger partial charge in [-0.25, -0.2) is 4.90 Å². The van der Waals surface area contributed by atoms with Gasteiger partial charge in [-0.1, -0.05) is 66.2 Å². The molecule has 3 aliphatic carbocycles. The van der Waals surface area contributed by atoms with Crippen LogP contribution in [0.25, 0.3) is 0 Å². The SMILES string of the molecule is Cc1ccc(N2C(=O)[C@@H]3C4c5ccccc5C(C=O)(c5ccccc54)[C@@H]3C2=O)c(C)c1. The standard InChI is InChI=1S/C27H21NO3/c1-15-11-12-21(16(2)13-15)28-25(30)23-22-17-7-3-5-9-19(17)27(14-29,24(23)26(28)31)20-10-6-4-8-18(20)22/h3-14,22-24H,1-2H3/t22?,23-,24+,27?/m1/s1. The molecular formula is C27H21NO3. The van der Waals surface area contributed by atoms with Crippen LogP contribution >= 0.6 is 0 Å². The molecule has 4 aliphatic rings. The number of aldehydes is 1. The van der Waals surface area contributed by atoms with Gasteiger partial charge in [-0.2, -0.15) is 0 Å². The largest absolute Gasteiger partial charge is 0.302 e. The summed E-state index contributed by atoms with van der Waals surface area (Å²) in [5.41, 5.74) is 5.11. The Bertz CT molecular complexity index is 1260. The molecule has 152 valence electrons. The van der Waals surface area contributed by atoms with Gasteiger partial charge in [-0.3, -0.25) is 9.59 Å². The number of imide groups is 1. The molecule has 1 heterocycles. The van der Waals surface area contributed by atoms with Gasteiger partial charge in [0.15, 0.2) is 0 Å². The van der Waals surface area contributed by atoms with E-state index in [0.29, 0.717) is 5.69 Å². The first-order valence-corrected chi connectivity index (χ1v) is 10.6. The smallest absolute Gasteiger partial charge is 0.239 e. The fraction of sp³-hybridized carbons (Fsp3) is 0.222. The molecule has 2 atom stereocenters. The van der Waals surface area contributed by atoms with E-state index >= 15 is 0 Å². The van der Waals surface area contributed by atoms with Gasteiger partial charge in [0.25, 0.3) is 0 Å². The lowest BCUT2D eigenvalue weighted by atomic mass is 9.48. The number of nitrogens with zero attached hydrogens (tertiary/aromatic N) is 1. The third-order valence-electron chi connectivity index (χ3n) is 7.46. The molecule has 0 N–H and O–H groups in total. The highest BCUT2D eigenvalue weighted by atomic mass is 16.2. The van der Waals surface area contributed by atoms with Gasteiger partial charge in [-0.15, -0.1) is 0 Å². The van der Waals surface area contributed by atoms with Crippen LogP contribution < -0.4 is 4.90 Å². The van der Waals surface area contributed by atoms with Crippen LogP contribution in [0.2, 0.25) is 0 Å². The van der Waals surface area contributed by atoms with E-state index in [4.69, 9.17) is 0 Å². The van der Waals surface area contributed by atoms with Crippen molar-refractivity contribution in [3.8, 4) is 0 Å². The van der Waals surface area contributed by atoms with E-state index in [1.807, 2.05) is 80.6 Å². The fourth-order valence-electron chi connectivity index (χ4n) is 6.32. The molecule has 3 aromatic carbocycles. The van der Waals surface area contributed by atoms with E-state index < -0.39 is 17.3 Å². The second kappa shape index (κ2) is 6.01. The number of amides is 2. The van der Waals surface area contributed by atoms with Crippen LogP contribution in [-0.4, -0.2) is 18.1 Å². The first kappa shape index (κ1) is 18.3. The van der Waals surface area contributed by atoms with Crippen molar-refractivity contribution in [3.63, 3.8) is 0 Å². The summed E-state index contributed by atoms with van der Waals surface area (Å²) in [5.74, 6) is -2.02. The average molecular weight is 407 g/mol. The Balaban J connectivity index is 1.65. The van der Waals surface area contributed by atoms with Crippen LogP contribution in [0, 0.1) is 25.7 Å². The van der Waals surface area contributed by atoms with Crippen molar-refractivity contribution in [2.45, 2.75) is 25.2 Å². The lowest BCUT2D eigenvalue weighted by Crippen LogP contribution is -2.54. The minimum atomic E-state index is -1.15. The molecule has 2 bridgehead atoms. The second-order valence-electron chi connectivity index (χ2n) is 8.94. The summed E-state index contributed by atoms with van der Waals surface area (Å²) >= 11 is 0. The van der Waals surface area contributed by atoms with E-state index in [9.17, 15) is 14.4 Å². The third kappa shape index (κ3) is 2.03. The Morgan fingerprint density at radius 1 is 0.839 bits per heavy atom. The van der Waals surface area contributed by atoms with Gasteiger partial charge in [-0.05, 0) is 47.7 Å². The number of anilines is 1. The summed E-state index contributed by atoms with van der Waals surface area (Å²) in [7, 11) is 0. The maximum atomic E-state index is 13.9. The molecule has 0 spiro atoms. The maximum Gasteiger partial charge on any atom is 0.239 e. The Labute approximate surface area is 180 Å². The third-order valence-corrected chi connectivity index (χ3v) is 7.46. The number of hydrogen-bond donors (Lipinski definition) is 0. The van der Waals surface area contributed by atoms with Crippen molar-refractivity contribution in [1.29, 1.82) is 0 Å². The molecule has 0 radical (unpaired) electrons. The van der Waals surface area contributed by atoms with Crippen molar-refractivity contribution < 1.29 is 14.4 Å². The highest BCUT2D eigenvalue weighted by Crippen LogP contribution is 2.63. The van der Waals surface area contributed by atoms with Gasteiger partial charge in [0.1, 0.15) is 6.29 Å². The molecule has 4 nitrogen and oxygen atoms in total. The van der Waals surface area contributed by atoms with Gasteiger partial charge >= 0.3 is 0 Å². The number of hydrogen-bond acceptors (Lipinski definition) is 3. The normalized spacial score (nSPS) is 27.7. The highest BCUT2D eigenvalue weighted by molar-refractivity contribution is 6.25. The van der Waals surface area contributed by atoms with Gasteiger partial charge in [0.2, 0.25) is 11.8 Å². The van der Waals surface area contributed by atoms with E-state index in [0.717, 1.165) is 39.7 Å². The van der Waals surface area contributed by atoms with Crippen molar-refractivity contribution >= 4 is 23.8 Å². The number of rotatable bonds is 2. The summed E-state index contributed by atoms with van der Waals surface area (Å²) in [5, 5.41) is 0. The molecule has 1 aliphatic heterocycles. The fourth-order valence-corrected chi connectivity index (χ4v) is 6.32. The van der Waals surface area contributed by atoms with Crippen molar-refractivity contribution in [2.75, 3.05) is 4.90 Å². The van der Waals surface area contributed by atoms with Crippen molar-refractivity contribution in [1.82, 2.24) is 0 Å². The summed E-state index contributed by atoms with van der Waals surface area (Å²) in [4.78, 5) is 42.0. The first-order valence-electron chi connectivity index (χ1n) is 10.6. The topological polar surface area (TPSA) is 54.5 Å². The Kier molecular flexibility index (Phi) is 3.54. The van der Waals surface area contributed by atoms with E-state index in [1.165, 1.54) is 4.90 Å². The van der Waals surface area contributed by atoms with E-state index in [2.05, 4.69) is 0 Å². The molecule has 31 heavy (non-hydrogen) atoms. The zero-order valence-corrected chi connectivity index (χ0v) is 17.3. The maximum absolute atomic E-state index is 13.9. The average Bonchev–Trinajstić information content (AvgIpc) is 3.05. The van der Waals surface area contributed by atoms with Gasteiger partial charge in [0, 0.05) is 5.92 Å². The minimum Gasteiger partial charge on any atom is -0.302 e. The molecule has 4 heteroatoms. The number of benzene rings is 3. The van der Waals surface area contributed by atoms with Crippen molar-refractivity contribution in [3.05, 3.63) is 100 Å². The quantitative estimate of drug-likeness (QED) is 0.476. The van der Waals surface area contributed by atoms with Crippen LogP contribution in [-0.2, 0) is 19.8 Å². The lowest BCUT2D eigenvalue weighted by molar-refractivity contribution is -0.128. The molecule has 0 saturated carbocycles. The number of carbonyl (C=O) groups excluding carboxylic acids is 3. The predicted octanol–water partition coefficient (Wildman–Crippen LogP) is 4.05. The monoisotopic (exact) mass is 407 g/mol. The van der Waals surface area contributed by atoms with E-state index in [-0.39, 0.29) is 17.7 Å². The Hall–Kier alpha value is -3.53. The number of aryl methyl sites for hydroxylation is 2. The van der Waals surface area contributed by atoms with Crippen LogP contribution in [0.5, 0.6) is 0 Å². The molecule has 1 fully saturated rings. The first-order chi connectivity index (χ1) is 15.0. The molecule has 3 aromatic rings. The summed E-state index contributed by atoms with van der Waals surface area (Å²) in [6.45, 7) is 3.90. The second-order valence-corrected chi connectivity index (χ2v) is 8.94. The molecule has 2 amide bonds. The predicted molar refractivity (Wildman–Crippen MR) is 117 cm³/mol. The molecule has 7 rings (SSSR count). The summed E-state index contributed by atoms with van der Waals surface area (Å²) in [6.07, 6.45) is 0.911. The van der Waals surface area contributed by atoms with Crippen LogP contribution in [0.4, 0.5) is 5.69 Å². The van der Waals surface area contributed by atoms with Crippen LogP contribution in [0.15, 0.2) is 66.7 Å². The summed E-state index contributed by atoms with van der Waals surface area (Å²) < 4.78 is 0. The minimum absolute atomic E-state index is 0.206. The molecule has 0 unspecified atom stereocenters. The highest BCUT2D eigenvalue weighted by Gasteiger charge is 2.68.